The molecule has 23 heavy (non-hydrogen) atoms. The van der Waals surface area contributed by atoms with Gasteiger partial charge in [-0.2, -0.15) is 18.4 Å². The topological polar surface area (TPSA) is 43.2 Å². The van der Waals surface area contributed by atoms with Crippen LogP contribution < -0.4 is 4.90 Å². The molecule has 0 saturated carbocycles. The van der Waals surface area contributed by atoms with E-state index in [2.05, 4.69) is 16.9 Å². The Kier molecular flexibility index (Phi) is 4.19. The van der Waals surface area contributed by atoms with Gasteiger partial charge in [-0.1, -0.05) is 0 Å². The summed E-state index contributed by atoms with van der Waals surface area (Å²) in [5.41, 5.74) is -0.709. The van der Waals surface area contributed by atoms with Crippen LogP contribution in [0, 0.1) is 17.2 Å². The molecule has 0 radical (unpaired) electrons. The number of nitriles is 1. The molecule has 0 aliphatic carbocycles. The Labute approximate surface area is 133 Å². The molecule has 0 N–H and O–H groups in total. The van der Waals surface area contributed by atoms with E-state index in [0.29, 0.717) is 12.5 Å². The second-order valence-corrected chi connectivity index (χ2v) is 6.39. The van der Waals surface area contributed by atoms with Crippen molar-refractivity contribution in [1.29, 1.82) is 5.26 Å². The van der Waals surface area contributed by atoms with Gasteiger partial charge in [-0.25, -0.2) is 4.98 Å². The van der Waals surface area contributed by atoms with Gasteiger partial charge in [0.05, 0.1) is 5.56 Å². The quantitative estimate of drug-likeness (QED) is 0.797. The van der Waals surface area contributed by atoms with Crippen molar-refractivity contribution in [2.24, 2.45) is 5.92 Å². The summed E-state index contributed by atoms with van der Waals surface area (Å²) >= 11 is 0. The smallest absolute Gasteiger partial charge is 0.352 e. The molecule has 2 unspecified atom stereocenters. The fourth-order valence-electron chi connectivity index (χ4n) is 3.76. The Morgan fingerprint density at radius 1 is 1.26 bits per heavy atom. The molecule has 7 heteroatoms. The summed E-state index contributed by atoms with van der Waals surface area (Å²) in [6.07, 6.45) is -1.61. The van der Waals surface area contributed by atoms with Gasteiger partial charge in [-0.3, -0.25) is 0 Å². The van der Waals surface area contributed by atoms with Crippen molar-refractivity contribution < 1.29 is 13.2 Å². The van der Waals surface area contributed by atoms with Crippen LogP contribution in [0.1, 0.15) is 30.5 Å². The van der Waals surface area contributed by atoms with Crippen LogP contribution in [0.25, 0.3) is 0 Å². The molecule has 2 fully saturated rings. The maximum Gasteiger partial charge on any atom is 0.433 e. The number of halogens is 3. The maximum atomic E-state index is 13.0. The van der Waals surface area contributed by atoms with Crippen LogP contribution in [0.3, 0.4) is 0 Å². The average Bonchev–Trinajstić information content (AvgIpc) is 2.52. The van der Waals surface area contributed by atoms with E-state index in [9.17, 15) is 18.4 Å². The van der Waals surface area contributed by atoms with E-state index in [1.165, 1.54) is 6.07 Å². The first kappa shape index (κ1) is 16.1. The predicted octanol–water partition coefficient (Wildman–Crippen LogP) is 2.89. The van der Waals surface area contributed by atoms with Crippen molar-refractivity contribution in [3.05, 3.63) is 23.4 Å². The first-order chi connectivity index (χ1) is 10.9. The fourth-order valence-corrected chi connectivity index (χ4v) is 3.76. The van der Waals surface area contributed by atoms with Crippen LogP contribution in [-0.2, 0) is 6.18 Å². The van der Waals surface area contributed by atoms with Gasteiger partial charge in [0.25, 0.3) is 0 Å². The van der Waals surface area contributed by atoms with Gasteiger partial charge in [0, 0.05) is 19.1 Å². The van der Waals surface area contributed by atoms with Crippen LogP contribution >= 0.6 is 0 Å². The zero-order valence-corrected chi connectivity index (χ0v) is 13.0. The Bertz CT molecular complexity index is 623. The summed E-state index contributed by atoms with van der Waals surface area (Å²) in [7, 11) is 2.07. The van der Waals surface area contributed by atoms with E-state index in [-0.39, 0.29) is 17.4 Å². The summed E-state index contributed by atoms with van der Waals surface area (Å²) in [5.74, 6) is 0.618. The number of anilines is 1. The van der Waals surface area contributed by atoms with Gasteiger partial charge in [0.2, 0.25) is 0 Å². The Hall–Kier alpha value is -1.81. The second kappa shape index (κ2) is 6.00. The molecule has 0 amide bonds. The van der Waals surface area contributed by atoms with Crippen molar-refractivity contribution in [2.45, 2.75) is 31.5 Å². The lowest BCUT2D eigenvalue weighted by molar-refractivity contribution is -0.141. The highest BCUT2D eigenvalue weighted by molar-refractivity contribution is 5.55. The summed E-state index contributed by atoms with van der Waals surface area (Å²) in [6, 6.07) is 4.29. The number of nitrogens with zero attached hydrogens (tertiary/aromatic N) is 4. The molecule has 0 aromatic carbocycles. The molecule has 124 valence electrons. The third kappa shape index (κ3) is 3.13. The minimum absolute atomic E-state index is 0.169. The summed E-state index contributed by atoms with van der Waals surface area (Å²) < 4.78 is 39.0. The monoisotopic (exact) mass is 324 g/mol. The number of hydrogen-bond donors (Lipinski definition) is 0. The number of piperidine rings is 2. The van der Waals surface area contributed by atoms with Gasteiger partial charge in [-0.05, 0) is 50.9 Å². The number of fused-ring (bicyclic) bond motifs is 1. The lowest BCUT2D eigenvalue weighted by Crippen LogP contribution is -2.53. The van der Waals surface area contributed by atoms with Crippen LogP contribution in [0.4, 0.5) is 19.0 Å². The van der Waals surface area contributed by atoms with Crippen LogP contribution in [0.2, 0.25) is 0 Å². The molecular weight excluding hydrogens is 305 g/mol. The SMILES string of the molecule is CN1CCC2C(CCCN2c2nc(C(F)(F)F)ccc2C#N)C1. The third-order valence-electron chi connectivity index (χ3n) is 4.83. The maximum absolute atomic E-state index is 13.0. The van der Waals surface area contributed by atoms with Crippen LogP contribution in [-0.4, -0.2) is 42.6 Å². The van der Waals surface area contributed by atoms with Crippen LogP contribution in [0.5, 0.6) is 0 Å². The van der Waals surface area contributed by atoms with E-state index in [0.717, 1.165) is 38.4 Å². The molecule has 4 nitrogen and oxygen atoms in total. The van der Waals surface area contributed by atoms with Crippen LogP contribution in [0.15, 0.2) is 12.1 Å². The number of rotatable bonds is 1. The Morgan fingerprint density at radius 2 is 2.04 bits per heavy atom. The largest absolute Gasteiger partial charge is 0.433 e. The molecule has 2 aliphatic heterocycles. The second-order valence-electron chi connectivity index (χ2n) is 6.39. The molecule has 0 spiro atoms. The molecule has 1 aromatic heterocycles. The standard InChI is InChI=1S/C16H19F3N4/c1-22-8-6-13-12(10-22)3-2-7-23(13)15-11(9-20)4-5-14(21-15)16(17,18)19/h4-5,12-13H,2-3,6-8,10H2,1H3. The normalized spacial score (nSPS) is 25.8. The van der Waals surface area contributed by atoms with Gasteiger partial charge in [0.15, 0.2) is 0 Å². The lowest BCUT2D eigenvalue weighted by atomic mass is 9.84. The Morgan fingerprint density at radius 3 is 2.74 bits per heavy atom. The molecule has 0 bridgehead atoms. The minimum atomic E-state index is -4.50. The molecule has 1 aromatic rings. The highest BCUT2D eigenvalue weighted by atomic mass is 19.4. The van der Waals surface area contributed by atoms with Gasteiger partial charge in [-0.15, -0.1) is 0 Å². The number of likely N-dealkylation sites (tertiary alicyclic amines) is 1. The number of aromatic nitrogens is 1. The zero-order valence-electron chi connectivity index (χ0n) is 13.0. The van der Waals surface area contributed by atoms with E-state index >= 15 is 0 Å². The van der Waals surface area contributed by atoms with Crippen molar-refractivity contribution >= 4 is 5.82 Å². The first-order valence-electron chi connectivity index (χ1n) is 7.83. The first-order valence-corrected chi connectivity index (χ1v) is 7.83. The highest BCUT2D eigenvalue weighted by Crippen LogP contribution is 2.36. The van der Waals surface area contributed by atoms with Gasteiger partial charge in [0.1, 0.15) is 17.6 Å². The predicted molar refractivity (Wildman–Crippen MR) is 79.9 cm³/mol. The lowest BCUT2D eigenvalue weighted by Gasteiger charge is -2.47. The molecule has 3 rings (SSSR count). The van der Waals surface area contributed by atoms with E-state index < -0.39 is 11.9 Å². The fraction of sp³-hybridized carbons (Fsp3) is 0.625. The number of hydrogen-bond acceptors (Lipinski definition) is 4. The molecule has 2 saturated heterocycles. The molecule has 2 aliphatic rings. The third-order valence-corrected chi connectivity index (χ3v) is 4.83. The zero-order chi connectivity index (χ0) is 16.6. The van der Waals surface area contributed by atoms with Gasteiger partial charge < -0.3 is 9.80 Å². The molecular formula is C16H19F3N4. The van der Waals surface area contributed by atoms with E-state index in [1.54, 1.807) is 0 Å². The average molecular weight is 324 g/mol. The van der Waals surface area contributed by atoms with Gasteiger partial charge >= 0.3 is 6.18 Å². The summed E-state index contributed by atoms with van der Waals surface area (Å²) in [5, 5.41) is 9.27. The highest BCUT2D eigenvalue weighted by Gasteiger charge is 2.38. The van der Waals surface area contributed by atoms with Crippen molar-refractivity contribution in [3.8, 4) is 6.07 Å². The number of pyridine rings is 1. The van der Waals surface area contributed by atoms with Crippen molar-refractivity contribution in [1.82, 2.24) is 9.88 Å². The van der Waals surface area contributed by atoms with Crippen molar-refractivity contribution in [2.75, 3.05) is 31.6 Å². The number of alkyl halides is 3. The Balaban J connectivity index is 1.97. The molecule has 3 heterocycles. The summed E-state index contributed by atoms with van der Waals surface area (Å²) in [6.45, 7) is 2.52. The van der Waals surface area contributed by atoms with E-state index in [1.807, 2.05) is 11.0 Å². The molecule has 2 atom stereocenters. The van der Waals surface area contributed by atoms with Crippen molar-refractivity contribution in [3.63, 3.8) is 0 Å². The summed E-state index contributed by atoms with van der Waals surface area (Å²) in [4.78, 5) is 8.01. The van der Waals surface area contributed by atoms with E-state index in [4.69, 9.17) is 0 Å². The minimum Gasteiger partial charge on any atom is -0.352 e.